The highest BCUT2D eigenvalue weighted by Crippen LogP contribution is 2.48. The van der Waals surface area contributed by atoms with Crippen LogP contribution in [-0.4, -0.2) is 55.6 Å². The lowest BCUT2D eigenvalue weighted by molar-refractivity contribution is 0.131. The fourth-order valence-corrected chi connectivity index (χ4v) is 5.36. The van der Waals surface area contributed by atoms with Crippen LogP contribution in [0, 0.1) is 0 Å². The van der Waals surface area contributed by atoms with Gasteiger partial charge in [-0.1, -0.05) is 48.8 Å². The van der Waals surface area contributed by atoms with E-state index in [4.69, 9.17) is 11.6 Å². The summed E-state index contributed by atoms with van der Waals surface area (Å²) < 4.78 is 0. The molecule has 0 amide bonds. The van der Waals surface area contributed by atoms with Crippen LogP contribution in [0.4, 0.5) is 11.4 Å². The van der Waals surface area contributed by atoms with E-state index >= 15 is 0 Å². The third kappa shape index (κ3) is 4.68. The molecule has 0 N–H and O–H groups in total. The molecule has 0 aliphatic carbocycles. The van der Waals surface area contributed by atoms with Crippen LogP contribution in [0.3, 0.4) is 0 Å². The number of fused-ring (bicyclic) bond motifs is 2. The summed E-state index contributed by atoms with van der Waals surface area (Å²) in [5.74, 6) is 0. The number of nitrogens with zero attached hydrogens (tertiary/aromatic N) is 3. The normalized spacial score (nSPS) is 17.4. The van der Waals surface area contributed by atoms with Crippen molar-refractivity contribution < 1.29 is 0 Å². The average molecular weight is 416 g/mol. The van der Waals surface area contributed by atoms with Gasteiger partial charge in [-0.3, -0.25) is 0 Å². The third-order valence-corrected chi connectivity index (χ3v) is 7.10. The molecule has 2 aliphatic rings. The summed E-state index contributed by atoms with van der Waals surface area (Å²) in [6, 6.07) is 15.0. The van der Waals surface area contributed by atoms with Crippen molar-refractivity contribution in [1.29, 1.82) is 0 Å². The maximum atomic E-state index is 6.33. The lowest BCUT2D eigenvalue weighted by Crippen LogP contribution is -2.47. The van der Waals surface area contributed by atoms with Crippen molar-refractivity contribution in [1.82, 2.24) is 9.80 Å². The molecule has 0 spiro atoms. The summed E-state index contributed by atoms with van der Waals surface area (Å²) in [6.07, 6.45) is 3.79. The van der Waals surface area contributed by atoms with E-state index in [0.29, 0.717) is 0 Å². The molecule has 0 atom stereocenters. The minimum absolute atomic E-state index is 0.812. The van der Waals surface area contributed by atoms with E-state index < -0.39 is 0 Å². The maximum absolute atomic E-state index is 6.33. The Morgan fingerprint density at radius 3 is 2.25 bits per heavy atom. The van der Waals surface area contributed by atoms with Gasteiger partial charge in [0.05, 0.1) is 11.4 Å². The van der Waals surface area contributed by atoms with Crippen LogP contribution in [0.5, 0.6) is 0 Å². The fourth-order valence-electron chi connectivity index (χ4n) is 4.11. The molecule has 2 aromatic carbocycles. The summed E-state index contributed by atoms with van der Waals surface area (Å²) in [7, 11) is 0. The lowest BCUT2D eigenvalue weighted by atomic mass is 10.2. The average Bonchev–Trinajstić information content (AvgIpc) is 2.73. The molecule has 2 aliphatic heterocycles. The van der Waals surface area contributed by atoms with Crippen LogP contribution in [0.2, 0.25) is 5.02 Å². The van der Waals surface area contributed by atoms with E-state index in [1.54, 1.807) is 0 Å². The van der Waals surface area contributed by atoms with Crippen LogP contribution in [0.15, 0.2) is 52.3 Å². The second-order valence-corrected chi connectivity index (χ2v) is 9.24. The zero-order valence-electron chi connectivity index (χ0n) is 16.7. The number of benzene rings is 2. The van der Waals surface area contributed by atoms with Crippen molar-refractivity contribution in [3.63, 3.8) is 0 Å². The zero-order chi connectivity index (χ0) is 19.3. The first-order valence-electron chi connectivity index (χ1n) is 10.5. The van der Waals surface area contributed by atoms with Gasteiger partial charge in [-0.25, -0.2) is 0 Å². The molecule has 0 aromatic heterocycles. The largest absolute Gasteiger partial charge is 0.340 e. The van der Waals surface area contributed by atoms with Crippen LogP contribution in [0.1, 0.15) is 26.2 Å². The van der Waals surface area contributed by atoms with E-state index in [9.17, 15) is 0 Å². The van der Waals surface area contributed by atoms with Crippen molar-refractivity contribution >= 4 is 34.7 Å². The first-order valence-corrected chi connectivity index (χ1v) is 11.7. The molecule has 0 unspecified atom stereocenters. The molecule has 4 rings (SSSR count). The van der Waals surface area contributed by atoms with Gasteiger partial charge in [-0.15, -0.1) is 0 Å². The van der Waals surface area contributed by atoms with Gasteiger partial charge in [0.2, 0.25) is 0 Å². The highest BCUT2D eigenvalue weighted by molar-refractivity contribution is 7.99. The van der Waals surface area contributed by atoms with Gasteiger partial charge < -0.3 is 14.7 Å². The molecule has 0 bridgehead atoms. The second kappa shape index (κ2) is 9.53. The van der Waals surface area contributed by atoms with Crippen LogP contribution in [0.25, 0.3) is 0 Å². The predicted molar refractivity (Wildman–Crippen MR) is 121 cm³/mol. The molecule has 150 valence electrons. The molecule has 2 aromatic rings. The van der Waals surface area contributed by atoms with Crippen molar-refractivity contribution in [2.75, 3.05) is 50.7 Å². The van der Waals surface area contributed by atoms with Gasteiger partial charge >= 0.3 is 0 Å². The number of halogens is 1. The quantitative estimate of drug-likeness (QED) is 0.569. The SMILES string of the molecule is CCCCN1CCN(CCCN2c3ccccc3Sc3ccc(Cl)cc32)CC1. The number of hydrogen-bond donors (Lipinski definition) is 0. The summed E-state index contributed by atoms with van der Waals surface area (Å²) in [5, 5.41) is 0.812. The maximum Gasteiger partial charge on any atom is 0.0567 e. The summed E-state index contributed by atoms with van der Waals surface area (Å²) in [6.45, 7) is 10.6. The molecule has 3 nitrogen and oxygen atoms in total. The highest BCUT2D eigenvalue weighted by atomic mass is 35.5. The summed E-state index contributed by atoms with van der Waals surface area (Å²) >= 11 is 8.17. The summed E-state index contributed by atoms with van der Waals surface area (Å²) in [5.41, 5.74) is 2.56. The Balaban J connectivity index is 1.37. The molecule has 1 saturated heterocycles. The third-order valence-electron chi connectivity index (χ3n) is 5.74. The Morgan fingerprint density at radius 1 is 0.821 bits per heavy atom. The molecule has 1 fully saturated rings. The molecule has 0 saturated carbocycles. The molecular weight excluding hydrogens is 386 g/mol. The van der Waals surface area contributed by atoms with Gasteiger partial charge in [0.1, 0.15) is 0 Å². The van der Waals surface area contributed by atoms with Crippen molar-refractivity contribution in [2.45, 2.75) is 36.0 Å². The van der Waals surface area contributed by atoms with Crippen LogP contribution >= 0.6 is 23.4 Å². The molecule has 28 heavy (non-hydrogen) atoms. The van der Waals surface area contributed by atoms with Crippen molar-refractivity contribution in [3.05, 3.63) is 47.5 Å². The van der Waals surface area contributed by atoms with Gasteiger partial charge in [-0.2, -0.15) is 0 Å². The van der Waals surface area contributed by atoms with Gasteiger partial charge in [-0.05, 0) is 56.3 Å². The van der Waals surface area contributed by atoms with E-state index in [-0.39, 0.29) is 0 Å². The number of rotatable bonds is 7. The van der Waals surface area contributed by atoms with E-state index in [0.717, 1.165) is 11.6 Å². The first kappa shape index (κ1) is 20.1. The minimum atomic E-state index is 0.812. The van der Waals surface area contributed by atoms with Crippen molar-refractivity contribution in [2.24, 2.45) is 0 Å². The first-order chi connectivity index (χ1) is 13.7. The van der Waals surface area contributed by atoms with Crippen LogP contribution in [-0.2, 0) is 0 Å². The number of hydrogen-bond acceptors (Lipinski definition) is 4. The standard InChI is InChI=1S/C23H30ClN3S/c1-2-3-11-25-14-16-26(17-15-25)12-6-13-27-20-7-4-5-8-22(20)28-23-10-9-19(24)18-21(23)27/h4-5,7-10,18H,2-3,6,11-17H2,1H3. The van der Waals surface area contributed by atoms with E-state index in [2.05, 4.69) is 58.0 Å². The zero-order valence-corrected chi connectivity index (χ0v) is 18.3. The minimum Gasteiger partial charge on any atom is -0.340 e. The number of piperazine rings is 1. The second-order valence-electron chi connectivity index (χ2n) is 7.72. The van der Waals surface area contributed by atoms with Gasteiger partial charge in [0.25, 0.3) is 0 Å². The van der Waals surface area contributed by atoms with E-state index in [1.807, 2.05) is 17.8 Å². The molecule has 2 heterocycles. The Labute approximate surface area is 178 Å². The lowest BCUT2D eigenvalue weighted by Gasteiger charge is -2.36. The Bertz CT molecular complexity index is 789. The monoisotopic (exact) mass is 415 g/mol. The Kier molecular flexibility index (Phi) is 6.84. The Hall–Kier alpha value is -1.20. The highest BCUT2D eigenvalue weighted by Gasteiger charge is 2.23. The predicted octanol–water partition coefficient (Wildman–Crippen LogP) is 5.75. The Morgan fingerprint density at radius 2 is 1.50 bits per heavy atom. The molecule has 0 radical (unpaired) electrons. The topological polar surface area (TPSA) is 9.72 Å². The fraction of sp³-hybridized carbons (Fsp3) is 0.478. The smallest absolute Gasteiger partial charge is 0.0567 e. The molecule has 5 heteroatoms. The molecular formula is C23H30ClN3S. The van der Waals surface area contributed by atoms with E-state index in [1.165, 1.54) is 79.7 Å². The van der Waals surface area contributed by atoms with Gasteiger partial charge in [0, 0.05) is 47.5 Å². The summed E-state index contributed by atoms with van der Waals surface area (Å²) in [4.78, 5) is 10.3. The number of anilines is 2. The van der Waals surface area contributed by atoms with Crippen molar-refractivity contribution in [3.8, 4) is 0 Å². The number of para-hydroxylation sites is 1. The number of unbranched alkanes of at least 4 members (excludes halogenated alkanes) is 1. The van der Waals surface area contributed by atoms with Gasteiger partial charge in [0.15, 0.2) is 0 Å². The van der Waals surface area contributed by atoms with Crippen LogP contribution < -0.4 is 4.90 Å².